The van der Waals surface area contributed by atoms with E-state index in [0.29, 0.717) is 12.1 Å². The van der Waals surface area contributed by atoms with Gasteiger partial charge in [0, 0.05) is 24.6 Å². The summed E-state index contributed by atoms with van der Waals surface area (Å²) in [7, 11) is 0. The van der Waals surface area contributed by atoms with E-state index >= 15 is 0 Å². The van der Waals surface area contributed by atoms with Crippen LogP contribution in [0.2, 0.25) is 0 Å². The highest BCUT2D eigenvalue weighted by Crippen LogP contribution is 2.56. The number of Topliss-reactive ketones (excluding diaryl/α,β-unsaturated/α-hetero) is 1. The molecule has 3 saturated carbocycles. The maximum Gasteiger partial charge on any atom is 0.270 e. The van der Waals surface area contributed by atoms with Crippen LogP contribution in [0.4, 0.5) is 8.78 Å². The lowest BCUT2D eigenvalue weighted by Gasteiger charge is -2.52. The van der Waals surface area contributed by atoms with E-state index < -0.39 is 23.4 Å². The van der Waals surface area contributed by atoms with Gasteiger partial charge in [-0.1, -0.05) is 12.1 Å². The Labute approximate surface area is 206 Å². The Bertz CT molecular complexity index is 1340. The van der Waals surface area contributed by atoms with Gasteiger partial charge in [0.05, 0.1) is 6.20 Å². The first kappa shape index (κ1) is 24.0. The Balaban J connectivity index is 1.32. The second-order valence-electron chi connectivity index (χ2n) is 10.1. The number of ketones is 1. The number of hydrogen-bond acceptors (Lipinski definition) is 5. The van der Waals surface area contributed by atoms with Crippen LogP contribution in [0.15, 0.2) is 36.5 Å². The molecular formula is C26H27F2N5O3. The topological polar surface area (TPSA) is 105 Å². The minimum absolute atomic E-state index is 0.0130. The van der Waals surface area contributed by atoms with Crippen LogP contribution in [0, 0.1) is 22.5 Å². The van der Waals surface area contributed by atoms with E-state index in [-0.39, 0.29) is 40.2 Å². The third kappa shape index (κ3) is 4.36. The number of hydrogen-bond donors (Lipinski definition) is 2. The van der Waals surface area contributed by atoms with Gasteiger partial charge < -0.3 is 10.6 Å². The second kappa shape index (κ2) is 9.07. The summed E-state index contributed by atoms with van der Waals surface area (Å²) in [5.41, 5.74) is -0.128. The summed E-state index contributed by atoms with van der Waals surface area (Å²) in [5, 5.41) is 9.49. The van der Waals surface area contributed by atoms with Crippen molar-refractivity contribution in [3.05, 3.63) is 65.1 Å². The maximum absolute atomic E-state index is 14.3. The summed E-state index contributed by atoms with van der Waals surface area (Å²) in [5.74, 6) is -2.06. The molecule has 2 N–H and O–H groups in total. The lowest BCUT2D eigenvalue weighted by Crippen LogP contribution is -2.49. The molecule has 10 heteroatoms. The molecule has 1 aromatic carbocycles. The molecule has 0 unspecified atom stereocenters. The molecule has 8 nitrogen and oxygen atoms in total. The Morgan fingerprint density at radius 1 is 1.00 bits per heavy atom. The molecule has 0 spiro atoms. The number of benzene rings is 1. The Kier molecular flexibility index (Phi) is 6.05. The predicted molar refractivity (Wildman–Crippen MR) is 126 cm³/mol. The molecule has 2 aromatic heterocycles. The number of aromatic nitrogens is 3. The third-order valence-electron chi connectivity index (χ3n) is 8.01. The number of amides is 2. The van der Waals surface area contributed by atoms with Crippen molar-refractivity contribution in [1.82, 2.24) is 25.2 Å². The van der Waals surface area contributed by atoms with Crippen LogP contribution in [0.5, 0.6) is 0 Å². The number of fused-ring (bicyclic) bond motifs is 4. The Morgan fingerprint density at radius 2 is 1.72 bits per heavy atom. The average molecular weight is 496 g/mol. The van der Waals surface area contributed by atoms with Crippen molar-refractivity contribution in [3.8, 4) is 0 Å². The van der Waals surface area contributed by atoms with Crippen molar-refractivity contribution in [2.24, 2.45) is 10.8 Å². The minimum Gasteiger partial charge on any atom is -0.350 e. The van der Waals surface area contributed by atoms with Crippen LogP contribution in [-0.2, 0) is 11.3 Å². The van der Waals surface area contributed by atoms with Gasteiger partial charge in [0.1, 0.15) is 23.0 Å². The van der Waals surface area contributed by atoms with Crippen LogP contribution < -0.4 is 10.6 Å². The molecular weight excluding hydrogens is 468 g/mol. The van der Waals surface area contributed by atoms with Gasteiger partial charge in [-0.25, -0.2) is 18.3 Å². The van der Waals surface area contributed by atoms with Crippen LogP contribution >= 0.6 is 0 Å². The highest BCUT2D eigenvalue weighted by atomic mass is 19.1. The lowest BCUT2D eigenvalue weighted by atomic mass is 9.52. The van der Waals surface area contributed by atoms with Crippen molar-refractivity contribution in [2.45, 2.75) is 52.0 Å². The van der Waals surface area contributed by atoms with Crippen LogP contribution in [0.1, 0.15) is 72.0 Å². The first-order chi connectivity index (χ1) is 17.2. The van der Waals surface area contributed by atoms with Gasteiger partial charge in [0.25, 0.3) is 11.8 Å². The van der Waals surface area contributed by atoms with E-state index in [0.717, 1.165) is 49.2 Å². The smallest absolute Gasteiger partial charge is 0.270 e. The molecule has 3 aromatic rings. The molecule has 0 radical (unpaired) electrons. The van der Waals surface area contributed by atoms with Gasteiger partial charge in [-0.3, -0.25) is 14.4 Å². The predicted octanol–water partition coefficient (Wildman–Crippen LogP) is 3.60. The van der Waals surface area contributed by atoms with Crippen molar-refractivity contribution in [2.75, 3.05) is 6.54 Å². The number of carbonyl (C=O) groups is 3. The highest BCUT2D eigenvalue weighted by Gasteiger charge is 2.50. The van der Waals surface area contributed by atoms with E-state index in [1.165, 1.54) is 24.3 Å². The van der Waals surface area contributed by atoms with Gasteiger partial charge in [-0.15, -0.1) is 0 Å². The summed E-state index contributed by atoms with van der Waals surface area (Å²) in [6.45, 7) is 2.13. The second-order valence-corrected chi connectivity index (χ2v) is 10.1. The molecule has 3 fully saturated rings. The largest absolute Gasteiger partial charge is 0.350 e. The zero-order chi connectivity index (χ0) is 25.5. The molecule has 2 bridgehead atoms. The van der Waals surface area contributed by atoms with Crippen LogP contribution in [-0.4, -0.2) is 38.7 Å². The number of nitrogens with one attached hydrogen (secondary N) is 2. The molecule has 0 saturated heterocycles. The molecule has 2 amide bonds. The normalized spacial score (nSPS) is 23.0. The molecule has 3 aliphatic carbocycles. The van der Waals surface area contributed by atoms with Crippen molar-refractivity contribution >= 4 is 23.2 Å². The molecule has 6 rings (SSSR count). The summed E-state index contributed by atoms with van der Waals surface area (Å²) in [4.78, 5) is 42.1. The molecule has 2 heterocycles. The van der Waals surface area contributed by atoms with Gasteiger partial charge in [-0.05, 0) is 68.6 Å². The standard InChI is InChI=1S/C26H27F2N5O3/c1-16(34)26-8-5-25(6-9-26,7-10-26)15-30-24(36)21-12-20(32-22-19(28)14-31-33(21)22)23(35)29-13-17-3-2-4-18(27)11-17/h2-4,11-12,14H,5-10,13,15H2,1H3,(H,29,35)(H,30,36). The fourth-order valence-corrected chi connectivity index (χ4v) is 5.55. The third-order valence-corrected chi connectivity index (χ3v) is 8.01. The SMILES string of the molecule is CC(=O)C12CCC(CNC(=O)c3cc(C(=O)NCc4cccc(F)c4)nc4c(F)cnn34)(CC1)CC2. The summed E-state index contributed by atoms with van der Waals surface area (Å²) in [6, 6.07) is 7.06. The Morgan fingerprint density at radius 3 is 2.39 bits per heavy atom. The van der Waals surface area contributed by atoms with Crippen molar-refractivity contribution in [1.29, 1.82) is 0 Å². The first-order valence-electron chi connectivity index (χ1n) is 12.1. The van der Waals surface area contributed by atoms with E-state index in [2.05, 4.69) is 20.7 Å². The van der Waals surface area contributed by atoms with Crippen molar-refractivity contribution < 1.29 is 23.2 Å². The quantitative estimate of drug-likeness (QED) is 0.521. The lowest BCUT2D eigenvalue weighted by molar-refractivity contribution is -0.135. The van der Waals surface area contributed by atoms with Gasteiger partial charge in [0.15, 0.2) is 11.5 Å². The van der Waals surface area contributed by atoms with Gasteiger partial charge in [-0.2, -0.15) is 5.10 Å². The number of nitrogens with zero attached hydrogens (tertiary/aromatic N) is 3. The zero-order valence-electron chi connectivity index (χ0n) is 19.9. The maximum atomic E-state index is 14.3. The molecule has 188 valence electrons. The fraction of sp³-hybridized carbons (Fsp3) is 0.423. The monoisotopic (exact) mass is 495 g/mol. The molecule has 0 aliphatic heterocycles. The highest BCUT2D eigenvalue weighted by molar-refractivity contribution is 5.98. The zero-order valence-corrected chi connectivity index (χ0v) is 19.9. The van der Waals surface area contributed by atoms with E-state index in [4.69, 9.17) is 0 Å². The fourth-order valence-electron chi connectivity index (χ4n) is 5.55. The molecule has 36 heavy (non-hydrogen) atoms. The molecule has 3 aliphatic rings. The van der Waals surface area contributed by atoms with Crippen LogP contribution in [0.3, 0.4) is 0 Å². The number of carbonyl (C=O) groups excluding carboxylic acids is 3. The van der Waals surface area contributed by atoms with Gasteiger partial charge in [0.2, 0.25) is 0 Å². The van der Waals surface area contributed by atoms with Crippen molar-refractivity contribution in [3.63, 3.8) is 0 Å². The number of rotatable bonds is 7. The van der Waals surface area contributed by atoms with E-state index in [1.54, 1.807) is 13.0 Å². The number of halogens is 2. The minimum atomic E-state index is -0.762. The molecule has 0 atom stereocenters. The Hall–Kier alpha value is -3.69. The van der Waals surface area contributed by atoms with Crippen LogP contribution in [0.25, 0.3) is 5.65 Å². The summed E-state index contributed by atoms with van der Waals surface area (Å²) < 4.78 is 28.8. The van der Waals surface area contributed by atoms with E-state index in [1.807, 2.05) is 0 Å². The van der Waals surface area contributed by atoms with E-state index in [9.17, 15) is 23.2 Å². The van der Waals surface area contributed by atoms with Gasteiger partial charge >= 0.3 is 0 Å². The first-order valence-corrected chi connectivity index (χ1v) is 12.1. The average Bonchev–Trinajstić information content (AvgIpc) is 3.27. The summed E-state index contributed by atoms with van der Waals surface area (Å²) in [6.07, 6.45) is 6.03. The summed E-state index contributed by atoms with van der Waals surface area (Å²) >= 11 is 0.